The van der Waals surface area contributed by atoms with Gasteiger partial charge in [-0.2, -0.15) is 18.4 Å². The Morgan fingerprint density at radius 1 is 0.920 bits per heavy atom. The van der Waals surface area contributed by atoms with Crippen molar-refractivity contribution in [3.8, 4) is 17.2 Å². The van der Waals surface area contributed by atoms with E-state index in [1.807, 2.05) is 0 Å². The number of carbonyl (C=O) groups is 2. The molecule has 1 heterocycles. The Kier molecular flexibility index (Phi) is 10.5. The molecule has 0 radical (unpaired) electrons. The number of nitrogens with one attached hydrogen (secondary N) is 1. The van der Waals surface area contributed by atoms with Crippen molar-refractivity contribution in [2.45, 2.75) is 35.9 Å². The van der Waals surface area contributed by atoms with E-state index in [1.165, 1.54) is 38.4 Å². The highest BCUT2D eigenvalue weighted by Crippen LogP contribution is 2.37. The first-order valence-corrected chi connectivity index (χ1v) is 17.2. The number of piperidine rings is 1. The molecular formula is C37H35F3N4O5S. The van der Waals surface area contributed by atoms with Crippen LogP contribution in [0.3, 0.4) is 0 Å². The summed E-state index contributed by atoms with van der Waals surface area (Å²) in [5.41, 5.74) is -2.01. The van der Waals surface area contributed by atoms with Crippen LogP contribution in [-0.4, -0.2) is 67.3 Å². The first-order chi connectivity index (χ1) is 23.6. The summed E-state index contributed by atoms with van der Waals surface area (Å²) in [4.78, 5) is 28.8. The minimum Gasteiger partial charge on any atom is -0.379 e. The van der Waals surface area contributed by atoms with Crippen LogP contribution < -0.4 is 5.32 Å². The van der Waals surface area contributed by atoms with E-state index in [-0.39, 0.29) is 48.8 Å². The van der Waals surface area contributed by atoms with Crippen molar-refractivity contribution in [2.75, 3.05) is 32.5 Å². The van der Waals surface area contributed by atoms with Gasteiger partial charge in [0.25, 0.3) is 11.8 Å². The molecule has 1 aliphatic heterocycles. The Balaban J connectivity index is 1.47. The van der Waals surface area contributed by atoms with Crippen LogP contribution in [0, 0.1) is 17.2 Å². The van der Waals surface area contributed by atoms with Crippen LogP contribution in [0.4, 0.5) is 18.9 Å². The quantitative estimate of drug-likeness (QED) is 0.221. The van der Waals surface area contributed by atoms with E-state index in [0.29, 0.717) is 28.3 Å². The molecule has 1 unspecified atom stereocenters. The lowest BCUT2D eigenvalue weighted by molar-refractivity contribution is -0.142. The van der Waals surface area contributed by atoms with Gasteiger partial charge >= 0.3 is 6.18 Å². The molecule has 0 aromatic heterocycles. The zero-order valence-electron chi connectivity index (χ0n) is 27.3. The van der Waals surface area contributed by atoms with E-state index in [1.54, 1.807) is 71.6 Å². The smallest absolute Gasteiger partial charge is 0.379 e. The normalized spacial score (nSPS) is 15.3. The summed E-state index contributed by atoms with van der Waals surface area (Å²) >= 11 is 0. The molecule has 50 heavy (non-hydrogen) atoms. The minimum absolute atomic E-state index is 0.0822. The van der Waals surface area contributed by atoms with Gasteiger partial charge in [-0.25, -0.2) is 12.7 Å². The fourth-order valence-corrected chi connectivity index (χ4v) is 7.09. The number of hydrogen-bond donors (Lipinski definition) is 2. The van der Waals surface area contributed by atoms with E-state index in [4.69, 9.17) is 0 Å². The molecular weight excluding hydrogens is 669 g/mol. The third-order valence-electron chi connectivity index (χ3n) is 8.92. The molecule has 1 fully saturated rings. The summed E-state index contributed by atoms with van der Waals surface area (Å²) in [5, 5.41) is 23.9. The van der Waals surface area contributed by atoms with Gasteiger partial charge in [0.15, 0.2) is 0 Å². The molecule has 1 aliphatic rings. The van der Waals surface area contributed by atoms with Gasteiger partial charge in [0, 0.05) is 50.8 Å². The first-order valence-electron chi connectivity index (χ1n) is 15.7. The Labute approximate surface area is 288 Å². The van der Waals surface area contributed by atoms with Crippen molar-refractivity contribution in [1.29, 1.82) is 5.26 Å². The monoisotopic (exact) mass is 704 g/mol. The summed E-state index contributed by atoms with van der Waals surface area (Å²) in [6.45, 7) is 0.465. The molecule has 260 valence electrons. The number of anilines is 1. The van der Waals surface area contributed by atoms with Crippen molar-refractivity contribution in [3.63, 3.8) is 0 Å². The number of alkyl halides is 3. The highest BCUT2D eigenvalue weighted by atomic mass is 32.2. The molecule has 4 aromatic rings. The number of sulfonamides is 1. The van der Waals surface area contributed by atoms with Gasteiger partial charge in [-0.05, 0) is 72.0 Å². The van der Waals surface area contributed by atoms with Crippen LogP contribution in [0.15, 0.2) is 102 Å². The van der Waals surface area contributed by atoms with E-state index in [9.17, 15) is 41.5 Å². The zero-order chi connectivity index (χ0) is 36.3. The molecule has 0 spiro atoms. The lowest BCUT2D eigenvalue weighted by Gasteiger charge is -2.40. The fraction of sp³-hybridized carbons (Fsp3) is 0.270. The number of aliphatic hydroxyl groups is 1. The van der Waals surface area contributed by atoms with E-state index < -0.39 is 44.8 Å². The molecule has 0 aliphatic carbocycles. The van der Waals surface area contributed by atoms with Crippen LogP contribution >= 0.6 is 0 Å². The number of halogens is 3. The van der Waals surface area contributed by atoms with Gasteiger partial charge in [0.1, 0.15) is 5.60 Å². The summed E-state index contributed by atoms with van der Waals surface area (Å²) in [5.74, 6) is -1.83. The Morgan fingerprint density at radius 2 is 1.56 bits per heavy atom. The number of rotatable bonds is 9. The number of hydrogen-bond acceptors (Lipinski definition) is 6. The van der Waals surface area contributed by atoms with Gasteiger partial charge in [-0.3, -0.25) is 9.59 Å². The van der Waals surface area contributed by atoms with Crippen molar-refractivity contribution in [2.24, 2.45) is 5.92 Å². The minimum atomic E-state index is -4.86. The molecule has 1 saturated heterocycles. The topological polar surface area (TPSA) is 131 Å². The first kappa shape index (κ1) is 36.3. The van der Waals surface area contributed by atoms with Crippen LogP contribution in [0.2, 0.25) is 0 Å². The van der Waals surface area contributed by atoms with Gasteiger partial charge in [0.2, 0.25) is 10.0 Å². The van der Waals surface area contributed by atoms with E-state index in [2.05, 4.69) is 5.32 Å². The van der Waals surface area contributed by atoms with Gasteiger partial charge in [-0.15, -0.1) is 0 Å². The van der Waals surface area contributed by atoms with E-state index in [0.717, 1.165) is 10.4 Å². The van der Waals surface area contributed by atoms with Crippen molar-refractivity contribution in [3.05, 3.63) is 119 Å². The van der Waals surface area contributed by atoms with Gasteiger partial charge in [-0.1, -0.05) is 54.6 Å². The number of likely N-dealkylation sites (tertiary alicyclic amines) is 1. The SMILES string of the molecule is CN(C)S(=O)(=O)c1cccc(-c2cccc(CC(O)(C(=O)Nc3ccc(C#N)c(C(F)(F)F)c3)C3CCN(C(=O)c4ccccc4)CC3)c2)c1. The lowest BCUT2D eigenvalue weighted by atomic mass is 9.75. The molecule has 13 heteroatoms. The second kappa shape index (κ2) is 14.4. The molecule has 2 N–H and O–H groups in total. The van der Waals surface area contributed by atoms with Crippen LogP contribution in [0.5, 0.6) is 0 Å². The molecule has 0 saturated carbocycles. The van der Waals surface area contributed by atoms with Crippen molar-refractivity contribution in [1.82, 2.24) is 9.21 Å². The molecule has 1 atom stereocenters. The Bertz CT molecular complexity index is 2040. The van der Waals surface area contributed by atoms with Gasteiger partial charge in [0.05, 0.1) is 22.1 Å². The largest absolute Gasteiger partial charge is 0.417 e. The molecule has 5 rings (SSSR count). The highest BCUT2D eigenvalue weighted by Gasteiger charge is 2.46. The predicted octanol–water partition coefficient (Wildman–Crippen LogP) is 5.96. The standard InChI is InChI=1S/C37H35F3N4O5S/c1-43(2)50(48,49)32-13-7-12-28(21-32)27-11-6-8-25(20-27)23-36(47,30-16-18-44(19-17-30)34(45)26-9-4-3-5-10-26)35(46)42-31-15-14-29(24-41)33(22-31)37(38,39)40/h3-15,20-22,30,47H,16-19,23H2,1-2H3,(H,42,46). The number of carbonyl (C=O) groups excluding carboxylic acids is 2. The third-order valence-corrected chi connectivity index (χ3v) is 10.7. The number of benzene rings is 4. The van der Waals surface area contributed by atoms with Crippen LogP contribution in [-0.2, 0) is 27.4 Å². The third kappa shape index (κ3) is 7.73. The van der Waals surface area contributed by atoms with Gasteiger partial charge < -0.3 is 15.3 Å². The van der Waals surface area contributed by atoms with Crippen molar-refractivity contribution < 1.29 is 36.3 Å². The maximum Gasteiger partial charge on any atom is 0.417 e. The summed E-state index contributed by atoms with van der Waals surface area (Å²) in [6.07, 6.45) is -4.63. The molecule has 4 aromatic carbocycles. The number of nitrogens with zero attached hydrogens (tertiary/aromatic N) is 3. The van der Waals surface area contributed by atoms with Crippen molar-refractivity contribution >= 4 is 27.5 Å². The number of amides is 2. The maximum absolute atomic E-state index is 14.0. The fourth-order valence-electron chi connectivity index (χ4n) is 6.15. The molecule has 9 nitrogen and oxygen atoms in total. The lowest BCUT2D eigenvalue weighted by Crippen LogP contribution is -2.54. The number of nitriles is 1. The second-order valence-corrected chi connectivity index (χ2v) is 14.5. The average molecular weight is 705 g/mol. The van der Waals surface area contributed by atoms with Crippen LogP contribution in [0.1, 0.15) is 39.9 Å². The summed E-state index contributed by atoms with van der Waals surface area (Å²) < 4.78 is 67.8. The summed E-state index contributed by atoms with van der Waals surface area (Å²) in [7, 11) is -0.865. The second-order valence-electron chi connectivity index (χ2n) is 12.4. The Hall–Kier alpha value is -5.03. The molecule has 0 bridgehead atoms. The van der Waals surface area contributed by atoms with E-state index >= 15 is 0 Å². The zero-order valence-corrected chi connectivity index (χ0v) is 28.1. The Morgan fingerprint density at radius 3 is 2.18 bits per heavy atom. The average Bonchev–Trinajstić information content (AvgIpc) is 3.11. The summed E-state index contributed by atoms with van der Waals surface area (Å²) in [6, 6.07) is 26.2. The highest BCUT2D eigenvalue weighted by molar-refractivity contribution is 7.89. The van der Waals surface area contributed by atoms with Crippen LogP contribution in [0.25, 0.3) is 11.1 Å². The predicted molar refractivity (Wildman–Crippen MR) is 181 cm³/mol. The molecule has 2 amide bonds. The maximum atomic E-state index is 14.0.